The third-order valence-corrected chi connectivity index (χ3v) is 5.22. The van der Waals surface area contributed by atoms with Gasteiger partial charge in [-0.15, -0.1) is 0 Å². The summed E-state index contributed by atoms with van der Waals surface area (Å²) in [6, 6.07) is 9.82. The second-order valence-electron chi connectivity index (χ2n) is 6.88. The Morgan fingerprint density at radius 1 is 1.08 bits per heavy atom. The normalized spacial score (nSPS) is 24.8. The maximum Gasteiger partial charge on any atom is 0.266 e. The van der Waals surface area contributed by atoms with Crippen LogP contribution >= 0.6 is 0 Å². The van der Waals surface area contributed by atoms with Crippen molar-refractivity contribution in [3.05, 3.63) is 30.3 Å². The summed E-state index contributed by atoms with van der Waals surface area (Å²) in [6.45, 7) is 5.34. The Morgan fingerprint density at radius 3 is 2.58 bits per heavy atom. The first-order chi connectivity index (χ1) is 11.8. The number of hydrogen-bond donors (Lipinski definition) is 1. The van der Waals surface area contributed by atoms with Crippen LogP contribution in [0.3, 0.4) is 0 Å². The second kappa shape index (κ2) is 6.91. The summed E-state index contributed by atoms with van der Waals surface area (Å²) in [5, 5.41) is 13.9. The van der Waals surface area contributed by atoms with Gasteiger partial charge in [-0.1, -0.05) is 18.2 Å². The number of benzene rings is 1. The number of hydrogen-bond acceptors (Lipinski definition) is 6. The smallest absolute Gasteiger partial charge is 0.266 e. The molecule has 128 valence electrons. The van der Waals surface area contributed by atoms with Gasteiger partial charge in [0.05, 0.1) is 0 Å². The van der Waals surface area contributed by atoms with Crippen molar-refractivity contribution < 1.29 is 9.63 Å². The van der Waals surface area contributed by atoms with Crippen LogP contribution < -0.4 is 4.90 Å². The van der Waals surface area contributed by atoms with Crippen LogP contribution in [0.2, 0.25) is 0 Å². The van der Waals surface area contributed by atoms with E-state index in [0.29, 0.717) is 17.8 Å². The van der Waals surface area contributed by atoms with Gasteiger partial charge < -0.3 is 19.4 Å². The fourth-order valence-corrected chi connectivity index (χ4v) is 3.85. The summed E-state index contributed by atoms with van der Waals surface area (Å²) in [4.78, 5) is 9.22. The molecule has 0 aliphatic carbocycles. The predicted octanol–water partition coefficient (Wildman–Crippen LogP) is 1.88. The third kappa shape index (κ3) is 3.16. The van der Waals surface area contributed by atoms with E-state index in [1.54, 1.807) is 0 Å². The summed E-state index contributed by atoms with van der Waals surface area (Å²) in [7, 11) is 0. The van der Waals surface area contributed by atoms with Gasteiger partial charge in [-0.2, -0.15) is 4.98 Å². The lowest BCUT2D eigenvalue weighted by atomic mass is 9.96. The lowest BCUT2D eigenvalue weighted by molar-refractivity contribution is 0.176. The minimum atomic E-state index is 0.221. The van der Waals surface area contributed by atoms with E-state index < -0.39 is 0 Å². The number of aromatic nitrogens is 2. The molecule has 24 heavy (non-hydrogen) atoms. The van der Waals surface area contributed by atoms with Crippen molar-refractivity contribution in [1.82, 2.24) is 15.0 Å². The van der Waals surface area contributed by atoms with E-state index in [1.165, 1.54) is 25.9 Å². The quantitative estimate of drug-likeness (QED) is 0.904. The minimum absolute atomic E-state index is 0.221. The molecule has 2 aromatic rings. The topological polar surface area (TPSA) is 65.6 Å². The van der Waals surface area contributed by atoms with Gasteiger partial charge in [-0.25, -0.2) is 0 Å². The molecule has 1 aromatic carbocycles. The highest BCUT2D eigenvalue weighted by atomic mass is 16.5. The Hall–Kier alpha value is -1.92. The second-order valence-corrected chi connectivity index (χ2v) is 6.88. The average molecular weight is 328 g/mol. The summed E-state index contributed by atoms with van der Waals surface area (Å²) in [5.74, 6) is 1.93. The first-order valence-electron chi connectivity index (χ1n) is 8.81. The van der Waals surface area contributed by atoms with Crippen molar-refractivity contribution in [2.75, 3.05) is 44.2 Å². The molecule has 0 unspecified atom stereocenters. The Morgan fingerprint density at radius 2 is 1.83 bits per heavy atom. The van der Waals surface area contributed by atoms with Crippen molar-refractivity contribution in [2.45, 2.75) is 12.8 Å². The number of aliphatic hydroxyl groups is 1. The summed E-state index contributed by atoms with van der Waals surface area (Å²) >= 11 is 0. The lowest BCUT2D eigenvalue weighted by Gasteiger charge is -2.22. The van der Waals surface area contributed by atoms with Crippen LogP contribution in [-0.4, -0.2) is 59.5 Å². The van der Waals surface area contributed by atoms with Gasteiger partial charge in [0.15, 0.2) is 0 Å². The SMILES string of the molecule is OC[C@@H]1CN(c2noc(-c3ccccc3)n2)C[C@@H]1CN1CCCC1. The Balaban J connectivity index is 1.45. The molecule has 1 aromatic heterocycles. The van der Waals surface area contributed by atoms with Crippen LogP contribution in [-0.2, 0) is 0 Å². The Labute approximate surface area is 142 Å². The van der Waals surface area contributed by atoms with Gasteiger partial charge in [-0.3, -0.25) is 0 Å². The van der Waals surface area contributed by atoms with Crippen molar-refractivity contribution in [3.8, 4) is 11.5 Å². The Bertz CT molecular complexity index is 654. The van der Waals surface area contributed by atoms with Crippen LogP contribution in [0.4, 0.5) is 5.95 Å². The van der Waals surface area contributed by atoms with E-state index in [4.69, 9.17) is 4.52 Å². The predicted molar refractivity (Wildman–Crippen MR) is 91.7 cm³/mol. The molecule has 0 amide bonds. The van der Waals surface area contributed by atoms with Gasteiger partial charge in [0.2, 0.25) is 0 Å². The van der Waals surface area contributed by atoms with Gasteiger partial charge in [-0.05, 0) is 49.1 Å². The van der Waals surface area contributed by atoms with Crippen LogP contribution in [0.15, 0.2) is 34.9 Å². The van der Waals surface area contributed by atoms with Crippen molar-refractivity contribution in [1.29, 1.82) is 0 Å². The van der Waals surface area contributed by atoms with Gasteiger partial charge >= 0.3 is 0 Å². The van der Waals surface area contributed by atoms with Gasteiger partial charge in [0.1, 0.15) is 0 Å². The molecule has 0 radical (unpaired) electrons. The molecular formula is C18H24N4O2. The van der Waals surface area contributed by atoms with Crippen LogP contribution in [0.25, 0.3) is 11.5 Å². The molecule has 0 bridgehead atoms. The molecule has 6 nitrogen and oxygen atoms in total. The highest BCUT2D eigenvalue weighted by Gasteiger charge is 2.35. The molecule has 0 saturated carbocycles. The van der Waals surface area contributed by atoms with Gasteiger partial charge in [0.25, 0.3) is 11.8 Å². The zero-order valence-electron chi connectivity index (χ0n) is 13.8. The summed E-state index contributed by atoms with van der Waals surface area (Å²) < 4.78 is 5.42. The first kappa shape index (κ1) is 15.6. The number of aliphatic hydroxyl groups excluding tert-OH is 1. The monoisotopic (exact) mass is 328 g/mol. The highest BCUT2D eigenvalue weighted by molar-refractivity contribution is 5.54. The molecule has 2 saturated heterocycles. The minimum Gasteiger partial charge on any atom is -0.396 e. The molecule has 4 rings (SSSR count). The number of anilines is 1. The summed E-state index contributed by atoms with van der Waals surface area (Å²) in [6.07, 6.45) is 2.59. The zero-order chi connectivity index (χ0) is 16.4. The van der Waals surface area contributed by atoms with Crippen LogP contribution in [0, 0.1) is 11.8 Å². The Kier molecular flexibility index (Phi) is 4.49. The van der Waals surface area contributed by atoms with E-state index in [9.17, 15) is 5.11 Å². The van der Waals surface area contributed by atoms with Crippen LogP contribution in [0.1, 0.15) is 12.8 Å². The van der Waals surface area contributed by atoms with E-state index in [-0.39, 0.29) is 12.5 Å². The molecule has 2 fully saturated rings. The molecule has 1 N–H and O–H groups in total. The lowest BCUT2D eigenvalue weighted by Crippen LogP contribution is -2.32. The number of likely N-dealkylation sites (tertiary alicyclic amines) is 1. The molecule has 2 aliphatic rings. The molecule has 2 atom stereocenters. The van der Waals surface area contributed by atoms with E-state index in [2.05, 4.69) is 19.9 Å². The fraction of sp³-hybridized carbons (Fsp3) is 0.556. The van der Waals surface area contributed by atoms with Crippen LogP contribution in [0.5, 0.6) is 0 Å². The van der Waals surface area contributed by atoms with E-state index in [1.807, 2.05) is 30.3 Å². The molecule has 0 spiro atoms. The zero-order valence-corrected chi connectivity index (χ0v) is 13.8. The van der Waals surface area contributed by atoms with Crippen molar-refractivity contribution in [3.63, 3.8) is 0 Å². The van der Waals surface area contributed by atoms with E-state index in [0.717, 1.165) is 25.2 Å². The van der Waals surface area contributed by atoms with Gasteiger partial charge in [0, 0.05) is 37.7 Å². The summed E-state index contributed by atoms with van der Waals surface area (Å²) in [5.41, 5.74) is 0.933. The van der Waals surface area contributed by atoms with Crippen molar-refractivity contribution >= 4 is 5.95 Å². The van der Waals surface area contributed by atoms with E-state index >= 15 is 0 Å². The average Bonchev–Trinajstić information content (AvgIpc) is 3.36. The molecule has 6 heteroatoms. The third-order valence-electron chi connectivity index (χ3n) is 5.22. The largest absolute Gasteiger partial charge is 0.396 e. The number of nitrogens with zero attached hydrogens (tertiary/aromatic N) is 4. The maximum absolute atomic E-state index is 9.75. The first-order valence-corrected chi connectivity index (χ1v) is 8.81. The fourth-order valence-electron chi connectivity index (χ4n) is 3.85. The highest BCUT2D eigenvalue weighted by Crippen LogP contribution is 2.29. The van der Waals surface area contributed by atoms with Crippen molar-refractivity contribution in [2.24, 2.45) is 11.8 Å². The number of rotatable bonds is 5. The molecule has 2 aliphatic heterocycles. The standard InChI is InChI=1S/C18H24N4O2/c23-13-16-12-22(11-15(16)10-21-8-4-5-9-21)18-19-17(24-20-18)14-6-2-1-3-7-14/h1-3,6-7,15-16,23H,4-5,8-13H2/t15-,16-/m0/s1. The molecule has 3 heterocycles. The maximum atomic E-state index is 9.75. The molecular weight excluding hydrogens is 304 g/mol.